The Balaban J connectivity index is 1.57. The number of aliphatic imine (C=N–C) groups is 1. The lowest BCUT2D eigenvalue weighted by molar-refractivity contribution is 0.0372. The SMILES string of the molecule is Cc1ccc(C(C)(O)CNC(=NCc2nnc(C)n2C)NCCCN2CCOCC2)o1. The number of nitrogens with one attached hydrogen (secondary N) is 2. The largest absolute Gasteiger partial charge is 0.463 e. The molecule has 3 rings (SSSR count). The lowest BCUT2D eigenvalue weighted by Gasteiger charge is -2.26. The minimum Gasteiger partial charge on any atom is -0.463 e. The van der Waals surface area contributed by atoms with Gasteiger partial charge in [0.1, 0.15) is 29.5 Å². The predicted octanol–water partition coefficient (Wildman–Crippen LogP) is 0.690. The number of aryl methyl sites for hydroxylation is 2. The molecule has 1 unspecified atom stereocenters. The molecule has 1 fully saturated rings. The summed E-state index contributed by atoms with van der Waals surface area (Å²) in [5.41, 5.74) is -1.16. The third-order valence-electron chi connectivity index (χ3n) is 5.48. The molecule has 0 aliphatic carbocycles. The van der Waals surface area contributed by atoms with E-state index in [9.17, 15) is 5.11 Å². The molecular formula is C21H35N7O3. The molecule has 2 aromatic rings. The number of rotatable bonds is 9. The van der Waals surface area contributed by atoms with Gasteiger partial charge in [-0.3, -0.25) is 4.90 Å². The van der Waals surface area contributed by atoms with Crippen LogP contribution in [0.4, 0.5) is 0 Å². The normalized spacial score (nSPS) is 17.5. The first-order valence-corrected chi connectivity index (χ1v) is 10.8. The molecule has 1 saturated heterocycles. The van der Waals surface area contributed by atoms with Crippen LogP contribution >= 0.6 is 0 Å². The molecule has 1 aliphatic heterocycles. The van der Waals surface area contributed by atoms with Gasteiger partial charge in [-0.25, -0.2) is 4.99 Å². The van der Waals surface area contributed by atoms with E-state index in [0.717, 1.165) is 63.2 Å². The fourth-order valence-electron chi connectivity index (χ4n) is 3.31. The highest BCUT2D eigenvalue weighted by Gasteiger charge is 2.27. The number of hydrogen-bond donors (Lipinski definition) is 3. The third kappa shape index (κ3) is 6.78. The Morgan fingerprint density at radius 2 is 2.00 bits per heavy atom. The van der Waals surface area contributed by atoms with Crippen LogP contribution in [0.1, 0.15) is 36.5 Å². The quantitative estimate of drug-likeness (QED) is 0.301. The number of morpholine rings is 1. The standard InChI is InChI=1S/C21H35N7O3/c1-16-6-7-18(31-16)21(3,29)15-24-20(23-14-19-26-25-17(2)27(19)4)22-8-5-9-28-10-12-30-13-11-28/h6-7,29H,5,8-15H2,1-4H3,(H2,22,23,24). The average Bonchev–Trinajstić information content (AvgIpc) is 3.34. The molecule has 1 atom stereocenters. The first-order chi connectivity index (χ1) is 14.8. The van der Waals surface area contributed by atoms with Crippen molar-refractivity contribution in [3.05, 3.63) is 35.3 Å². The van der Waals surface area contributed by atoms with Gasteiger partial charge in [-0.15, -0.1) is 10.2 Å². The summed E-state index contributed by atoms with van der Waals surface area (Å²) in [4.78, 5) is 7.05. The Morgan fingerprint density at radius 1 is 1.23 bits per heavy atom. The van der Waals surface area contributed by atoms with Crippen molar-refractivity contribution in [1.82, 2.24) is 30.3 Å². The second-order valence-corrected chi connectivity index (χ2v) is 8.16. The molecule has 10 nitrogen and oxygen atoms in total. The topological polar surface area (TPSA) is 113 Å². The molecule has 2 aromatic heterocycles. The van der Waals surface area contributed by atoms with Crippen LogP contribution in [-0.2, 0) is 23.9 Å². The molecular weight excluding hydrogens is 398 g/mol. The molecule has 0 aromatic carbocycles. The van der Waals surface area contributed by atoms with Gasteiger partial charge in [0.15, 0.2) is 11.8 Å². The average molecular weight is 434 g/mol. The van der Waals surface area contributed by atoms with Gasteiger partial charge in [-0.05, 0) is 45.9 Å². The van der Waals surface area contributed by atoms with Gasteiger partial charge >= 0.3 is 0 Å². The van der Waals surface area contributed by atoms with Crippen molar-refractivity contribution in [2.75, 3.05) is 45.9 Å². The first kappa shape index (κ1) is 23.2. The minimum absolute atomic E-state index is 0.257. The summed E-state index contributed by atoms with van der Waals surface area (Å²) in [6.45, 7) is 11.5. The van der Waals surface area contributed by atoms with Gasteiger partial charge in [-0.2, -0.15) is 0 Å². The lowest BCUT2D eigenvalue weighted by Crippen LogP contribution is -2.45. The van der Waals surface area contributed by atoms with Crippen molar-refractivity contribution in [2.24, 2.45) is 12.0 Å². The first-order valence-electron chi connectivity index (χ1n) is 10.8. The monoisotopic (exact) mass is 433 g/mol. The molecule has 3 heterocycles. The number of ether oxygens (including phenoxy) is 1. The number of guanidine groups is 1. The highest BCUT2D eigenvalue weighted by atomic mass is 16.5. The fraction of sp³-hybridized carbons (Fsp3) is 0.667. The van der Waals surface area contributed by atoms with Gasteiger partial charge in [0.05, 0.1) is 19.8 Å². The number of nitrogens with zero attached hydrogens (tertiary/aromatic N) is 5. The maximum atomic E-state index is 10.8. The highest BCUT2D eigenvalue weighted by Crippen LogP contribution is 2.21. The smallest absolute Gasteiger partial charge is 0.191 e. The van der Waals surface area contributed by atoms with Gasteiger partial charge in [0.2, 0.25) is 0 Å². The number of hydrogen-bond acceptors (Lipinski definition) is 7. The maximum Gasteiger partial charge on any atom is 0.191 e. The van der Waals surface area contributed by atoms with Crippen LogP contribution in [0, 0.1) is 13.8 Å². The molecule has 0 saturated carbocycles. The summed E-state index contributed by atoms with van der Waals surface area (Å²) >= 11 is 0. The second kappa shape index (κ2) is 10.7. The van der Waals surface area contributed by atoms with Crippen LogP contribution in [0.3, 0.4) is 0 Å². The van der Waals surface area contributed by atoms with Crippen LogP contribution in [0.5, 0.6) is 0 Å². The molecule has 172 valence electrons. The Hall–Kier alpha value is -2.43. The van der Waals surface area contributed by atoms with Crippen molar-refractivity contribution in [1.29, 1.82) is 0 Å². The molecule has 0 amide bonds. The van der Waals surface area contributed by atoms with Crippen molar-refractivity contribution in [3.8, 4) is 0 Å². The van der Waals surface area contributed by atoms with E-state index < -0.39 is 5.60 Å². The number of aromatic nitrogens is 3. The Morgan fingerprint density at radius 3 is 2.65 bits per heavy atom. The molecule has 10 heteroatoms. The number of aliphatic hydroxyl groups is 1. The zero-order valence-corrected chi connectivity index (χ0v) is 19.0. The van der Waals surface area contributed by atoms with E-state index in [1.54, 1.807) is 13.0 Å². The van der Waals surface area contributed by atoms with E-state index in [4.69, 9.17) is 9.15 Å². The molecule has 31 heavy (non-hydrogen) atoms. The fourth-order valence-corrected chi connectivity index (χ4v) is 3.31. The molecule has 3 N–H and O–H groups in total. The van der Waals surface area contributed by atoms with E-state index in [2.05, 4.69) is 30.7 Å². The maximum absolute atomic E-state index is 10.8. The summed E-state index contributed by atoms with van der Waals surface area (Å²) in [5, 5.41) is 25.7. The number of furan rings is 1. The summed E-state index contributed by atoms with van der Waals surface area (Å²) in [7, 11) is 1.92. The minimum atomic E-state index is -1.16. The van der Waals surface area contributed by atoms with Crippen LogP contribution in [-0.4, -0.2) is 76.7 Å². The predicted molar refractivity (Wildman–Crippen MR) is 118 cm³/mol. The van der Waals surface area contributed by atoms with Crippen molar-refractivity contribution in [2.45, 2.75) is 39.3 Å². The van der Waals surface area contributed by atoms with Crippen molar-refractivity contribution in [3.63, 3.8) is 0 Å². The Kier molecular flexibility index (Phi) is 8.05. The van der Waals surface area contributed by atoms with Gasteiger partial charge < -0.3 is 29.5 Å². The van der Waals surface area contributed by atoms with Crippen LogP contribution in [0.15, 0.2) is 21.5 Å². The van der Waals surface area contributed by atoms with E-state index in [1.165, 1.54) is 0 Å². The van der Waals surface area contributed by atoms with Crippen LogP contribution < -0.4 is 10.6 Å². The molecule has 0 spiro atoms. The van der Waals surface area contributed by atoms with Crippen LogP contribution in [0.25, 0.3) is 0 Å². The van der Waals surface area contributed by atoms with Crippen molar-refractivity contribution < 1.29 is 14.3 Å². The van der Waals surface area contributed by atoms with E-state index >= 15 is 0 Å². The van der Waals surface area contributed by atoms with E-state index in [0.29, 0.717) is 18.3 Å². The zero-order chi connectivity index (χ0) is 22.3. The van der Waals surface area contributed by atoms with E-state index in [1.807, 2.05) is 31.5 Å². The summed E-state index contributed by atoms with van der Waals surface area (Å²) in [6, 6.07) is 3.64. The Labute approximate surface area is 183 Å². The lowest BCUT2D eigenvalue weighted by atomic mass is 10.0. The zero-order valence-electron chi connectivity index (χ0n) is 19.0. The summed E-state index contributed by atoms with van der Waals surface area (Å²) < 4.78 is 12.9. The molecule has 1 aliphatic rings. The van der Waals surface area contributed by atoms with Gasteiger partial charge in [0.25, 0.3) is 0 Å². The van der Waals surface area contributed by atoms with E-state index in [-0.39, 0.29) is 6.54 Å². The second-order valence-electron chi connectivity index (χ2n) is 8.16. The molecule has 0 radical (unpaired) electrons. The highest BCUT2D eigenvalue weighted by molar-refractivity contribution is 5.79. The summed E-state index contributed by atoms with van der Waals surface area (Å²) in [5.74, 6) is 3.52. The summed E-state index contributed by atoms with van der Waals surface area (Å²) in [6.07, 6.45) is 0.984. The Bertz CT molecular complexity index is 853. The third-order valence-corrected chi connectivity index (χ3v) is 5.48. The van der Waals surface area contributed by atoms with Crippen LogP contribution in [0.2, 0.25) is 0 Å². The van der Waals surface area contributed by atoms with Crippen molar-refractivity contribution >= 4 is 5.96 Å². The van der Waals surface area contributed by atoms with Gasteiger partial charge in [0, 0.05) is 26.7 Å². The van der Waals surface area contributed by atoms with Gasteiger partial charge in [-0.1, -0.05) is 0 Å². The molecule has 0 bridgehead atoms.